The van der Waals surface area contributed by atoms with Crippen molar-refractivity contribution < 1.29 is 4.79 Å². The number of pyridine rings is 1. The minimum atomic E-state index is -0.0318. The second-order valence-electron chi connectivity index (χ2n) is 7.55. The summed E-state index contributed by atoms with van der Waals surface area (Å²) in [5, 5.41) is 12.2. The molecule has 31 heavy (non-hydrogen) atoms. The molecule has 0 atom stereocenters. The maximum absolute atomic E-state index is 12.5. The number of benzene rings is 1. The number of amides is 1. The molecule has 0 saturated carbocycles. The van der Waals surface area contributed by atoms with E-state index < -0.39 is 0 Å². The minimum absolute atomic E-state index is 0.00406. The number of nitrogens with one attached hydrogen (secondary N) is 2. The summed E-state index contributed by atoms with van der Waals surface area (Å²) in [5.74, 6) is 0.499. The minimum Gasteiger partial charge on any atom is -0.330 e. The van der Waals surface area contributed by atoms with Crippen LogP contribution >= 0.6 is 35.2 Å². The molecular weight excluding hydrogens is 452 g/mol. The van der Waals surface area contributed by atoms with E-state index in [-0.39, 0.29) is 11.8 Å². The van der Waals surface area contributed by atoms with Crippen LogP contribution in [-0.4, -0.2) is 38.7 Å². The van der Waals surface area contributed by atoms with Gasteiger partial charge in [0.25, 0.3) is 0 Å². The smallest absolute Gasteiger partial charge is 0.228 e. The van der Waals surface area contributed by atoms with Gasteiger partial charge in [0.15, 0.2) is 3.95 Å². The van der Waals surface area contributed by atoms with Crippen LogP contribution in [0.1, 0.15) is 18.4 Å². The van der Waals surface area contributed by atoms with Gasteiger partial charge in [0, 0.05) is 30.9 Å². The van der Waals surface area contributed by atoms with Crippen molar-refractivity contribution in [2.75, 3.05) is 23.7 Å². The van der Waals surface area contributed by atoms with Crippen LogP contribution in [0, 0.1) is 16.8 Å². The van der Waals surface area contributed by atoms with E-state index in [0.29, 0.717) is 17.5 Å². The van der Waals surface area contributed by atoms with Gasteiger partial charge in [0.1, 0.15) is 5.82 Å². The van der Waals surface area contributed by atoms with Crippen molar-refractivity contribution in [1.82, 2.24) is 19.7 Å². The average molecular weight is 475 g/mol. The Morgan fingerprint density at radius 3 is 2.81 bits per heavy atom. The molecule has 3 heterocycles. The lowest BCUT2D eigenvalue weighted by molar-refractivity contribution is -0.121. The van der Waals surface area contributed by atoms with Crippen molar-refractivity contribution in [3.63, 3.8) is 0 Å². The largest absolute Gasteiger partial charge is 0.330 e. The summed E-state index contributed by atoms with van der Waals surface area (Å²) in [7, 11) is 0. The number of nitrogens with zero attached hydrogens (tertiary/aromatic N) is 4. The number of aromatic nitrogens is 3. The first-order chi connectivity index (χ1) is 15.0. The predicted octanol–water partition coefficient (Wildman–Crippen LogP) is 5.08. The third-order valence-corrected chi connectivity index (χ3v) is 6.59. The van der Waals surface area contributed by atoms with Gasteiger partial charge in [-0.3, -0.25) is 9.69 Å². The highest BCUT2D eigenvalue weighted by Gasteiger charge is 2.25. The van der Waals surface area contributed by atoms with Gasteiger partial charge < -0.3 is 10.6 Å². The molecule has 0 bridgehead atoms. The fourth-order valence-corrected chi connectivity index (χ4v) is 4.62. The number of carbonyl (C=O) groups excluding carboxylic acids is 1. The summed E-state index contributed by atoms with van der Waals surface area (Å²) < 4.78 is 2.57. The van der Waals surface area contributed by atoms with Gasteiger partial charge in [-0.1, -0.05) is 35.1 Å². The Morgan fingerprint density at radius 2 is 2.10 bits per heavy atom. The molecule has 1 aromatic carbocycles. The van der Waals surface area contributed by atoms with Gasteiger partial charge in [0.05, 0.1) is 11.7 Å². The molecule has 1 aliphatic heterocycles. The maximum Gasteiger partial charge on any atom is 0.228 e. The molecule has 0 unspecified atom stereocenters. The lowest BCUT2D eigenvalue weighted by Gasteiger charge is -2.30. The number of rotatable bonds is 6. The van der Waals surface area contributed by atoms with Gasteiger partial charge in [0.2, 0.25) is 11.0 Å². The van der Waals surface area contributed by atoms with E-state index in [1.807, 2.05) is 16.8 Å². The van der Waals surface area contributed by atoms with E-state index in [4.69, 9.17) is 23.8 Å². The number of carbonyl (C=O) groups is 1. The van der Waals surface area contributed by atoms with Crippen LogP contribution in [0.25, 0.3) is 0 Å². The Labute approximate surface area is 195 Å². The highest BCUT2D eigenvalue weighted by molar-refractivity contribution is 7.73. The zero-order chi connectivity index (χ0) is 21.8. The first-order valence-corrected chi connectivity index (χ1v) is 11.6. The van der Waals surface area contributed by atoms with Gasteiger partial charge in [-0.15, -0.1) is 5.10 Å². The van der Waals surface area contributed by atoms with Crippen LogP contribution in [0.3, 0.4) is 0 Å². The molecule has 1 fully saturated rings. The molecule has 2 N–H and O–H groups in total. The Kier molecular flexibility index (Phi) is 6.96. The molecule has 4 rings (SSSR count). The normalized spacial score (nSPS) is 15.0. The monoisotopic (exact) mass is 474 g/mol. The molecule has 162 valence electrons. The number of hydrogen-bond acceptors (Lipinski definition) is 7. The van der Waals surface area contributed by atoms with E-state index in [2.05, 4.69) is 44.7 Å². The summed E-state index contributed by atoms with van der Waals surface area (Å²) in [4.78, 5) is 18.9. The van der Waals surface area contributed by atoms with Crippen molar-refractivity contribution in [3.8, 4) is 0 Å². The molecule has 0 spiro atoms. The van der Waals surface area contributed by atoms with Gasteiger partial charge in [-0.25, -0.2) is 9.67 Å². The molecule has 10 heteroatoms. The number of halogens is 1. The molecule has 2 aromatic heterocycles. The fraction of sp³-hybridized carbons (Fsp3) is 0.333. The third-order valence-electron chi connectivity index (χ3n) is 5.15. The third kappa shape index (κ3) is 5.88. The average Bonchev–Trinajstić information content (AvgIpc) is 3.08. The summed E-state index contributed by atoms with van der Waals surface area (Å²) in [6, 6.07) is 11.6. The molecule has 3 aromatic rings. The van der Waals surface area contributed by atoms with Gasteiger partial charge in [-0.2, -0.15) is 0 Å². The molecule has 1 saturated heterocycles. The van der Waals surface area contributed by atoms with Crippen LogP contribution in [-0.2, 0) is 11.5 Å². The quantitative estimate of drug-likeness (QED) is 0.485. The lowest BCUT2D eigenvalue weighted by Crippen LogP contribution is -2.39. The summed E-state index contributed by atoms with van der Waals surface area (Å²) in [6.07, 6.45) is 3.09. The van der Waals surface area contributed by atoms with E-state index in [1.165, 1.54) is 23.1 Å². The van der Waals surface area contributed by atoms with Crippen LogP contribution < -0.4 is 10.6 Å². The molecule has 7 nitrogen and oxygen atoms in total. The first kappa shape index (κ1) is 21.9. The fourth-order valence-electron chi connectivity index (χ4n) is 3.50. The number of likely N-dealkylation sites (tertiary alicyclic amines) is 1. The molecular formula is C21H23ClN6OS2. The van der Waals surface area contributed by atoms with Gasteiger partial charge >= 0.3 is 0 Å². The number of anilines is 3. The molecule has 1 amide bonds. The Morgan fingerprint density at radius 1 is 1.29 bits per heavy atom. The van der Waals surface area contributed by atoms with E-state index in [0.717, 1.165) is 40.7 Å². The number of hydrogen-bond donors (Lipinski definition) is 2. The van der Waals surface area contributed by atoms with Crippen LogP contribution in [0.15, 0.2) is 42.6 Å². The summed E-state index contributed by atoms with van der Waals surface area (Å²) in [6.45, 7) is 4.30. The van der Waals surface area contributed by atoms with Crippen molar-refractivity contribution in [2.45, 2.75) is 26.4 Å². The van der Waals surface area contributed by atoms with E-state index in [1.54, 1.807) is 12.1 Å². The molecule has 1 aliphatic rings. The Hall–Kier alpha value is -2.33. The zero-order valence-corrected chi connectivity index (χ0v) is 19.4. The van der Waals surface area contributed by atoms with E-state index >= 15 is 0 Å². The maximum atomic E-state index is 12.5. The van der Waals surface area contributed by atoms with E-state index in [9.17, 15) is 4.79 Å². The molecule has 0 aliphatic carbocycles. The van der Waals surface area contributed by atoms with Crippen molar-refractivity contribution in [2.24, 2.45) is 5.92 Å². The number of aryl methyl sites for hydroxylation is 1. The second kappa shape index (κ2) is 9.86. The Bertz CT molecular complexity index is 1110. The van der Waals surface area contributed by atoms with Crippen LogP contribution in [0.5, 0.6) is 0 Å². The highest BCUT2D eigenvalue weighted by atomic mass is 35.5. The molecule has 0 radical (unpaired) electrons. The van der Waals surface area contributed by atoms with Crippen molar-refractivity contribution in [1.29, 1.82) is 0 Å². The topological polar surface area (TPSA) is 75.1 Å². The standard InChI is InChI=1S/C21H23ClN6OS2/c1-14-3-2-4-17(11-14)24-20-26-28(21(30)31-20)13-27-9-7-15(8-10-27)19(29)25-18-6-5-16(22)12-23-18/h2-6,11-12,15H,7-10,13H2,1H3,(H,24,26)(H,23,25,29). The first-order valence-electron chi connectivity index (χ1n) is 10.0. The summed E-state index contributed by atoms with van der Waals surface area (Å²) in [5.41, 5.74) is 2.18. The Balaban J connectivity index is 1.29. The number of piperidine rings is 1. The second-order valence-corrected chi connectivity index (χ2v) is 9.61. The predicted molar refractivity (Wildman–Crippen MR) is 128 cm³/mol. The van der Waals surface area contributed by atoms with Crippen LogP contribution in [0.2, 0.25) is 5.02 Å². The SMILES string of the molecule is Cc1cccc(Nc2nn(CN3CCC(C(=O)Nc4ccc(Cl)cn4)CC3)c(=S)s2)c1. The van der Waals surface area contributed by atoms with Crippen LogP contribution in [0.4, 0.5) is 16.6 Å². The zero-order valence-electron chi connectivity index (χ0n) is 17.0. The lowest BCUT2D eigenvalue weighted by atomic mass is 9.96. The van der Waals surface area contributed by atoms with Gasteiger partial charge in [-0.05, 0) is 61.8 Å². The van der Waals surface area contributed by atoms with Crippen molar-refractivity contribution >= 4 is 57.7 Å². The summed E-state index contributed by atoms with van der Waals surface area (Å²) >= 11 is 12.8. The highest BCUT2D eigenvalue weighted by Crippen LogP contribution is 2.23. The van der Waals surface area contributed by atoms with Crippen molar-refractivity contribution in [3.05, 3.63) is 57.1 Å².